The molecule has 0 aliphatic rings. The molecule has 0 amide bonds. The van der Waals surface area contributed by atoms with Crippen LogP contribution in [-0.4, -0.2) is 38.6 Å². The first kappa shape index (κ1) is 19.1. The van der Waals surface area contributed by atoms with Gasteiger partial charge in [-0.3, -0.25) is 0 Å². The van der Waals surface area contributed by atoms with Gasteiger partial charge in [0.05, 0.1) is 29.1 Å². The van der Waals surface area contributed by atoms with Gasteiger partial charge in [-0.2, -0.15) is 14.9 Å². The van der Waals surface area contributed by atoms with Crippen molar-refractivity contribution < 1.29 is 9.53 Å². The third-order valence-corrected chi connectivity index (χ3v) is 4.62. The lowest BCUT2D eigenvalue weighted by Crippen LogP contribution is -2.06. The Bertz CT molecular complexity index is 1080. The van der Waals surface area contributed by atoms with Crippen LogP contribution in [0.25, 0.3) is 11.4 Å². The molecule has 2 heterocycles. The van der Waals surface area contributed by atoms with Gasteiger partial charge < -0.3 is 9.72 Å². The Kier molecular flexibility index (Phi) is 5.57. The molecule has 0 saturated heterocycles. The van der Waals surface area contributed by atoms with Gasteiger partial charge in [-0.25, -0.2) is 9.89 Å². The topological polar surface area (TPSA) is 88.1 Å². The number of ether oxygens (including phenoxy) is 1. The highest BCUT2D eigenvalue weighted by atomic mass is 35.5. The summed E-state index contributed by atoms with van der Waals surface area (Å²) in [5, 5.41) is 11.9. The van der Waals surface area contributed by atoms with Gasteiger partial charge in [0.25, 0.3) is 0 Å². The third kappa shape index (κ3) is 3.72. The van der Waals surface area contributed by atoms with Crippen LogP contribution in [0.2, 0.25) is 5.02 Å². The molecule has 0 aliphatic carbocycles. The summed E-state index contributed by atoms with van der Waals surface area (Å²) in [6.45, 7) is 5.74. The number of rotatable bonds is 5. The van der Waals surface area contributed by atoms with Crippen molar-refractivity contribution in [2.75, 3.05) is 6.61 Å². The van der Waals surface area contributed by atoms with Crippen LogP contribution in [0.15, 0.2) is 29.4 Å². The summed E-state index contributed by atoms with van der Waals surface area (Å²) in [7, 11) is 0. The average molecular weight is 404 g/mol. The van der Waals surface area contributed by atoms with E-state index in [4.69, 9.17) is 28.6 Å². The van der Waals surface area contributed by atoms with Crippen molar-refractivity contribution in [3.63, 3.8) is 0 Å². The van der Waals surface area contributed by atoms with Crippen LogP contribution in [0, 0.1) is 18.6 Å². The van der Waals surface area contributed by atoms with Crippen LogP contribution < -0.4 is 0 Å². The lowest BCUT2D eigenvalue weighted by atomic mass is 10.1. The summed E-state index contributed by atoms with van der Waals surface area (Å²) in [6.07, 6.45) is 1.59. The van der Waals surface area contributed by atoms with E-state index in [1.54, 1.807) is 19.2 Å². The molecule has 3 rings (SSSR count). The molecule has 0 fully saturated rings. The van der Waals surface area contributed by atoms with E-state index in [0.29, 0.717) is 39.0 Å². The number of aromatic nitrogens is 4. The molecule has 0 radical (unpaired) electrons. The first-order valence-electron chi connectivity index (χ1n) is 8.27. The van der Waals surface area contributed by atoms with Crippen molar-refractivity contribution in [2.24, 2.45) is 5.10 Å². The summed E-state index contributed by atoms with van der Waals surface area (Å²) in [5.74, 6) is 0.133. The highest BCUT2D eigenvalue weighted by Gasteiger charge is 2.18. The van der Waals surface area contributed by atoms with Crippen molar-refractivity contribution >= 4 is 36.0 Å². The fourth-order valence-electron chi connectivity index (χ4n) is 2.74. The Balaban J connectivity index is 2.01. The van der Waals surface area contributed by atoms with Gasteiger partial charge in [0.2, 0.25) is 4.77 Å². The average Bonchev–Trinajstić information content (AvgIpc) is 3.13. The van der Waals surface area contributed by atoms with Gasteiger partial charge in [0.1, 0.15) is 0 Å². The molecule has 140 valence electrons. The number of benzene rings is 1. The molecule has 0 aliphatic heterocycles. The van der Waals surface area contributed by atoms with Crippen molar-refractivity contribution in [3.8, 4) is 11.4 Å². The maximum absolute atomic E-state index is 12.1. The zero-order valence-corrected chi connectivity index (χ0v) is 16.6. The molecule has 0 spiro atoms. The number of aryl methyl sites for hydroxylation is 1. The number of hydrogen-bond acceptors (Lipinski definition) is 5. The molecule has 1 aromatic carbocycles. The molecular weight excluding hydrogens is 386 g/mol. The molecule has 2 aromatic heterocycles. The van der Waals surface area contributed by atoms with Crippen LogP contribution in [-0.2, 0) is 4.74 Å². The Morgan fingerprint density at radius 2 is 2.15 bits per heavy atom. The molecule has 7 nitrogen and oxygen atoms in total. The molecule has 0 bridgehead atoms. The van der Waals surface area contributed by atoms with Gasteiger partial charge >= 0.3 is 5.97 Å². The molecule has 27 heavy (non-hydrogen) atoms. The van der Waals surface area contributed by atoms with Crippen LogP contribution in [0.5, 0.6) is 0 Å². The number of nitrogens with one attached hydrogen (secondary N) is 2. The first-order valence-corrected chi connectivity index (χ1v) is 9.05. The monoisotopic (exact) mass is 403 g/mol. The smallest absolute Gasteiger partial charge is 0.340 e. The van der Waals surface area contributed by atoms with E-state index in [0.717, 1.165) is 11.3 Å². The zero-order chi connectivity index (χ0) is 19.6. The van der Waals surface area contributed by atoms with Crippen molar-refractivity contribution in [3.05, 3.63) is 56.6 Å². The van der Waals surface area contributed by atoms with Crippen LogP contribution in [0.4, 0.5) is 0 Å². The maximum atomic E-state index is 12.1. The summed E-state index contributed by atoms with van der Waals surface area (Å²) in [6, 6.07) is 7.30. The minimum Gasteiger partial charge on any atom is -0.462 e. The van der Waals surface area contributed by atoms with Crippen LogP contribution in [0.3, 0.4) is 0 Å². The molecule has 0 saturated carbocycles. The van der Waals surface area contributed by atoms with Gasteiger partial charge in [0.15, 0.2) is 5.82 Å². The van der Waals surface area contributed by atoms with E-state index in [2.05, 4.69) is 20.3 Å². The molecular formula is C18H18ClN5O2S. The van der Waals surface area contributed by atoms with Crippen LogP contribution in [0.1, 0.15) is 34.2 Å². The second kappa shape index (κ2) is 7.89. The third-order valence-electron chi connectivity index (χ3n) is 4.02. The molecule has 2 N–H and O–H groups in total. The second-order valence-electron chi connectivity index (χ2n) is 5.77. The predicted molar refractivity (Wildman–Crippen MR) is 107 cm³/mol. The first-order chi connectivity index (χ1) is 12.9. The van der Waals surface area contributed by atoms with Gasteiger partial charge in [-0.15, -0.1) is 0 Å². The number of halogens is 1. The SMILES string of the molecule is CCOC(=O)c1c(C)[nH]c(/C=N/n2c(-c3ccccc3Cl)n[nH]c2=S)c1C. The van der Waals surface area contributed by atoms with Crippen LogP contribution >= 0.6 is 23.8 Å². The van der Waals surface area contributed by atoms with E-state index in [9.17, 15) is 4.79 Å². The molecule has 3 aromatic rings. The fourth-order valence-corrected chi connectivity index (χ4v) is 3.14. The van der Waals surface area contributed by atoms with E-state index in [-0.39, 0.29) is 5.97 Å². The van der Waals surface area contributed by atoms with Gasteiger partial charge in [0, 0.05) is 11.3 Å². The van der Waals surface area contributed by atoms with Crippen molar-refractivity contribution in [1.82, 2.24) is 19.9 Å². The largest absolute Gasteiger partial charge is 0.462 e. The Morgan fingerprint density at radius 1 is 1.41 bits per heavy atom. The minimum absolute atomic E-state index is 0.317. The van der Waals surface area contributed by atoms with E-state index >= 15 is 0 Å². The Morgan fingerprint density at radius 3 is 2.85 bits per heavy atom. The van der Waals surface area contributed by atoms with Gasteiger partial charge in [-0.1, -0.05) is 23.7 Å². The molecule has 0 unspecified atom stereocenters. The quantitative estimate of drug-likeness (QED) is 0.378. The molecule has 9 heteroatoms. The Hall–Kier alpha value is -2.71. The Labute approximate surface area is 166 Å². The number of nitrogens with zero attached hydrogens (tertiary/aromatic N) is 3. The normalized spacial score (nSPS) is 11.3. The number of carbonyl (C=O) groups is 1. The predicted octanol–water partition coefficient (Wildman–Crippen LogP) is 4.26. The number of carbonyl (C=O) groups excluding carboxylic acids is 1. The second-order valence-corrected chi connectivity index (χ2v) is 6.57. The summed E-state index contributed by atoms with van der Waals surface area (Å²) in [4.78, 5) is 15.3. The maximum Gasteiger partial charge on any atom is 0.340 e. The lowest BCUT2D eigenvalue weighted by molar-refractivity contribution is 0.0525. The zero-order valence-electron chi connectivity index (χ0n) is 15.0. The number of esters is 1. The number of aromatic amines is 2. The summed E-state index contributed by atoms with van der Waals surface area (Å²) >= 11 is 11.5. The minimum atomic E-state index is -0.361. The molecule has 0 atom stereocenters. The van der Waals surface area contributed by atoms with Gasteiger partial charge in [-0.05, 0) is 50.7 Å². The fraction of sp³-hybridized carbons (Fsp3) is 0.222. The summed E-state index contributed by atoms with van der Waals surface area (Å²) < 4.78 is 6.92. The number of H-pyrrole nitrogens is 2. The van der Waals surface area contributed by atoms with Crippen molar-refractivity contribution in [1.29, 1.82) is 0 Å². The van der Waals surface area contributed by atoms with E-state index in [1.165, 1.54) is 4.68 Å². The van der Waals surface area contributed by atoms with E-state index in [1.807, 2.05) is 32.0 Å². The van der Waals surface area contributed by atoms with E-state index < -0.39 is 0 Å². The highest BCUT2D eigenvalue weighted by Crippen LogP contribution is 2.26. The summed E-state index contributed by atoms with van der Waals surface area (Å²) in [5.41, 5.74) is 3.37. The van der Waals surface area contributed by atoms with Crippen molar-refractivity contribution in [2.45, 2.75) is 20.8 Å². The highest BCUT2D eigenvalue weighted by molar-refractivity contribution is 7.71. The lowest BCUT2D eigenvalue weighted by Gasteiger charge is -2.03. The number of hydrogen-bond donors (Lipinski definition) is 2. The standard InChI is InChI=1S/C18H18ClN5O2S/c1-4-26-17(25)15-10(2)14(21-11(15)3)9-20-24-16(22-23-18(24)27)12-7-5-6-8-13(12)19/h5-9,21H,4H2,1-3H3,(H,23,27)/b20-9+.